The molecule has 0 amide bonds. The van der Waals surface area contributed by atoms with Crippen molar-refractivity contribution in [3.05, 3.63) is 40.3 Å². The van der Waals surface area contributed by atoms with Crippen LogP contribution < -0.4 is 5.73 Å². The molecular weight excluding hydrogens is 302 g/mol. The molecule has 1 unspecified atom stereocenters. The van der Waals surface area contributed by atoms with Gasteiger partial charge in [-0.1, -0.05) is 41.9 Å². The lowest BCUT2D eigenvalue weighted by atomic mass is 10.0. The minimum Gasteiger partial charge on any atom is -0.344 e. The zero-order chi connectivity index (χ0) is 14.0. The van der Waals surface area contributed by atoms with Crippen LogP contribution in [0, 0.1) is 12.8 Å². The highest BCUT2D eigenvalue weighted by Gasteiger charge is 2.15. The number of aromatic nitrogens is 2. The molecule has 2 aromatic rings. The maximum absolute atomic E-state index is 6.18. The second-order valence-electron chi connectivity index (χ2n) is 5.34. The molecule has 0 radical (unpaired) electrons. The molecule has 1 aromatic heterocycles. The van der Waals surface area contributed by atoms with Crippen LogP contribution in [0.2, 0.25) is 0 Å². The van der Waals surface area contributed by atoms with Gasteiger partial charge in [0.1, 0.15) is 5.82 Å². The Morgan fingerprint density at radius 1 is 1.37 bits per heavy atom. The van der Waals surface area contributed by atoms with Gasteiger partial charge in [0.25, 0.3) is 0 Å². The number of nitrogens with two attached hydrogens (primary N) is 1. The summed E-state index contributed by atoms with van der Waals surface area (Å²) in [6, 6.07) is 8.13. The average Bonchev–Trinajstić information content (AvgIpc) is 2.70. The molecule has 1 atom stereocenters. The first-order chi connectivity index (χ1) is 8.97. The number of aromatic amines is 1. The average molecular weight is 322 g/mol. The summed E-state index contributed by atoms with van der Waals surface area (Å²) < 4.78 is 1.06. The van der Waals surface area contributed by atoms with E-state index >= 15 is 0 Å². The first kappa shape index (κ1) is 14.3. The lowest BCUT2D eigenvalue weighted by molar-refractivity contribution is 0.495. The summed E-state index contributed by atoms with van der Waals surface area (Å²) in [6.07, 6.45) is 0.935. The van der Waals surface area contributed by atoms with Gasteiger partial charge in [-0.05, 0) is 31.4 Å². The predicted octanol–water partition coefficient (Wildman–Crippen LogP) is 4.19. The molecule has 0 bridgehead atoms. The first-order valence-electron chi connectivity index (χ1n) is 6.55. The molecule has 0 aliphatic rings. The molecule has 1 heterocycles. The van der Waals surface area contributed by atoms with Gasteiger partial charge >= 0.3 is 0 Å². The summed E-state index contributed by atoms with van der Waals surface area (Å²) in [7, 11) is 0. The molecule has 3 N–H and O–H groups in total. The zero-order valence-corrected chi connectivity index (χ0v) is 13.2. The van der Waals surface area contributed by atoms with Crippen molar-refractivity contribution in [1.29, 1.82) is 0 Å². The normalized spacial score (nSPS) is 12.9. The van der Waals surface area contributed by atoms with Gasteiger partial charge in [0.15, 0.2) is 0 Å². The van der Waals surface area contributed by atoms with E-state index in [1.165, 1.54) is 0 Å². The minimum atomic E-state index is -0.0281. The van der Waals surface area contributed by atoms with Crippen molar-refractivity contribution in [2.24, 2.45) is 11.7 Å². The molecule has 0 aliphatic heterocycles. The van der Waals surface area contributed by atoms with E-state index in [4.69, 9.17) is 5.73 Å². The van der Waals surface area contributed by atoms with Gasteiger partial charge in [-0.15, -0.1) is 0 Å². The van der Waals surface area contributed by atoms with Crippen LogP contribution in [0.4, 0.5) is 0 Å². The smallest absolute Gasteiger partial charge is 0.124 e. The number of imidazole rings is 1. The highest BCUT2D eigenvalue weighted by molar-refractivity contribution is 9.10. The number of hydrogen-bond acceptors (Lipinski definition) is 2. The summed E-state index contributed by atoms with van der Waals surface area (Å²) in [5.74, 6) is 1.44. The molecule has 2 rings (SSSR count). The van der Waals surface area contributed by atoms with Crippen LogP contribution in [0.1, 0.15) is 37.8 Å². The summed E-state index contributed by atoms with van der Waals surface area (Å²) in [6.45, 7) is 6.38. The zero-order valence-electron chi connectivity index (χ0n) is 11.6. The topological polar surface area (TPSA) is 54.7 Å². The Labute approximate surface area is 122 Å². The van der Waals surface area contributed by atoms with E-state index in [1.807, 2.05) is 19.1 Å². The van der Waals surface area contributed by atoms with Gasteiger partial charge in [0.2, 0.25) is 0 Å². The second-order valence-corrected chi connectivity index (χ2v) is 6.26. The van der Waals surface area contributed by atoms with Crippen molar-refractivity contribution in [3.63, 3.8) is 0 Å². The number of hydrogen-bond donors (Lipinski definition) is 2. The third kappa shape index (κ3) is 3.45. The van der Waals surface area contributed by atoms with Crippen LogP contribution in [0.3, 0.4) is 0 Å². The molecule has 4 heteroatoms. The third-order valence-electron chi connectivity index (χ3n) is 3.08. The van der Waals surface area contributed by atoms with E-state index in [0.29, 0.717) is 5.92 Å². The van der Waals surface area contributed by atoms with Crippen molar-refractivity contribution < 1.29 is 0 Å². The van der Waals surface area contributed by atoms with E-state index in [9.17, 15) is 0 Å². The third-order valence-corrected chi connectivity index (χ3v) is 3.57. The fourth-order valence-electron chi connectivity index (χ4n) is 2.20. The van der Waals surface area contributed by atoms with Crippen LogP contribution >= 0.6 is 15.9 Å². The summed E-state index contributed by atoms with van der Waals surface area (Å²) >= 11 is 3.49. The molecule has 0 saturated carbocycles. The lowest BCUT2D eigenvalue weighted by Gasteiger charge is -2.10. The Bertz CT molecular complexity index is 560. The van der Waals surface area contributed by atoms with Crippen molar-refractivity contribution in [2.75, 3.05) is 0 Å². The molecule has 1 aromatic carbocycles. The number of halogens is 1. The molecule has 3 nitrogen and oxygen atoms in total. The van der Waals surface area contributed by atoms with Gasteiger partial charge in [-0.2, -0.15) is 0 Å². The summed E-state index contributed by atoms with van der Waals surface area (Å²) in [5, 5.41) is 0. The van der Waals surface area contributed by atoms with Crippen molar-refractivity contribution in [1.82, 2.24) is 9.97 Å². The minimum absolute atomic E-state index is 0.0281. The highest BCUT2D eigenvalue weighted by atomic mass is 79.9. The Kier molecular flexibility index (Phi) is 4.42. The van der Waals surface area contributed by atoms with E-state index < -0.39 is 0 Å². The monoisotopic (exact) mass is 321 g/mol. The van der Waals surface area contributed by atoms with Crippen LogP contribution in [0.25, 0.3) is 11.3 Å². The Morgan fingerprint density at radius 3 is 2.74 bits per heavy atom. The van der Waals surface area contributed by atoms with E-state index in [1.54, 1.807) is 0 Å². The first-order valence-corrected chi connectivity index (χ1v) is 7.34. The number of nitrogens with zero attached hydrogens (tertiary/aromatic N) is 1. The fraction of sp³-hybridized carbons (Fsp3) is 0.400. The second kappa shape index (κ2) is 5.88. The number of nitrogens with one attached hydrogen (secondary N) is 1. The number of aryl methyl sites for hydroxylation is 1. The number of rotatable bonds is 4. The van der Waals surface area contributed by atoms with Gasteiger partial charge < -0.3 is 10.7 Å². The van der Waals surface area contributed by atoms with Gasteiger partial charge in [0.05, 0.1) is 11.7 Å². The SMILES string of the molecule is Cc1[nH]c(C(N)CC(C)C)nc1-c1cccc(Br)c1. The van der Waals surface area contributed by atoms with E-state index in [0.717, 1.165) is 33.7 Å². The predicted molar refractivity (Wildman–Crippen MR) is 82.8 cm³/mol. The van der Waals surface area contributed by atoms with Gasteiger partial charge in [0, 0.05) is 15.7 Å². The van der Waals surface area contributed by atoms with E-state index in [2.05, 4.69) is 51.9 Å². The molecule has 0 fully saturated rings. The number of H-pyrrole nitrogens is 1. The van der Waals surface area contributed by atoms with Crippen molar-refractivity contribution in [3.8, 4) is 11.3 Å². The quantitative estimate of drug-likeness (QED) is 0.886. The fourth-order valence-corrected chi connectivity index (χ4v) is 2.59. The van der Waals surface area contributed by atoms with Crippen LogP contribution in [-0.4, -0.2) is 9.97 Å². The Hall–Kier alpha value is -1.13. The molecule has 102 valence electrons. The Balaban J connectivity index is 2.31. The van der Waals surface area contributed by atoms with Crippen molar-refractivity contribution in [2.45, 2.75) is 33.2 Å². The van der Waals surface area contributed by atoms with E-state index in [-0.39, 0.29) is 6.04 Å². The summed E-state index contributed by atoms with van der Waals surface area (Å²) in [5.41, 5.74) is 9.33. The molecule has 0 aliphatic carbocycles. The standard InChI is InChI=1S/C15H20BrN3/c1-9(2)7-13(17)15-18-10(3)14(19-15)11-5-4-6-12(16)8-11/h4-6,8-9,13H,7,17H2,1-3H3,(H,18,19). The van der Waals surface area contributed by atoms with Crippen LogP contribution in [0.5, 0.6) is 0 Å². The molecule has 0 saturated heterocycles. The summed E-state index contributed by atoms with van der Waals surface area (Å²) in [4.78, 5) is 7.99. The van der Waals surface area contributed by atoms with Crippen LogP contribution in [-0.2, 0) is 0 Å². The maximum atomic E-state index is 6.18. The Morgan fingerprint density at radius 2 is 2.11 bits per heavy atom. The van der Waals surface area contributed by atoms with Gasteiger partial charge in [-0.25, -0.2) is 4.98 Å². The highest BCUT2D eigenvalue weighted by Crippen LogP contribution is 2.26. The maximum Gasteiger partial charge on any atom is 0.124 e. The molecular formula is C15H20BrN3. The van der Waals surface area contributed by atoms with Crippen molar-refractivity contribution >= 4 is 15.9 Å². The van der Waals surface area contributed by atoms with Gasteiger partial charge in [-0.3, -0.25) is 0 Å². The molecule has 0 spiro atoms. The number of benzene rings is 1. The largest absolute Gasteiger partial charge is 0.344 e. The van der Waals surface area contributed by atoms with Crippen LogP contribution in [0.15, 0.2) is 28.7 Å². The lowest BCUT2D eigenvalue weighted by Crippen LogP contribution is -2.14. The molecule has 19 heavy (non-hydrogen) atoms.